The van der Waals surface area contributed by atoms with Gasteiger partial charge in [-0.05, 0) is 337 Å². The zero-order valence-corrected chi connectivity index (χ0v) is 85.8. The lowest BCUT2D eigenvalue weighted by molar-refractivity contribution is 0.417. The van der Waals surface area contributed by atoms with Crippen LogP contribution in [0.1, 0.15) is 176 Å². The van der Waals surface area contributed by atoms with Crippen LogP contribution < -0.4 is 9.47 Å². The summed E-state index contributed by atoms with van der Waals surface area (Å²) < 4.78 is 44.1. The fraction of sp³-hybridized carbons (Fsp3) is 0.197. The van der Waals surface area contributed by atoms with E-state index in [1.807, 2.05) is 102 Å². The first-order valence-corrected chi connectivity index (χ1v) is 48.6. The molecule has 1 aliphatic carbocycles. The predicted molar refractivity (Wildman–Crippen MR) is 587 cm³/mol. The van der Waals surface area contributed by atoms with E-state index < -0.39 is 0 Å². The standard InChI is InChI=1S/C27H22.C17H18O.C15H14O.C14H12O.C13H14O.4C10H10O.C6H8O/c1-19-13-15-23-24-16-14-20(2)18-26(24)27(25(23)17-19,21-9-5-3-6-10-21)22-11-7-4-8-12-22;1-11-5-7-15-13(9-11)17(3,4)14-10-12(2)6-8-16(14)18-15;1-10-3-5-14-12(7-10)9-13-8-11(2)4-6-15(13)16-14;1-9-3-5-13-11(7-9)12-8-10(2)4-6-14(12)15-13;1-8-4-11-6-10(3)13(14)7-12(11)5-9(8)2;1-7-5-8(2)10-9(6-7)3-4-11-10;1-7-3-4-8(2)10-6-11-5-9(7)10;1-7-3-4-10-9(5-7)6-8(2)11-10;1-7-9-5-3-4-6-10(9)8(2)11-7;1-5-3-4-6(2)7-5/h3-18H,1-2H3;5-10H,1-4H3;3-8H,9H2,1-2H3;3-8H,1-2H3;4-7,14H,1-3H3;4*3-6H,1-2H3;3-4H,1-2H3. The molecule has 0 saturated carbocycles. The molecule has 0 fully saturated rings. The van der Waals surface area contributed by atoms with Gasteiger partial charge in [0, 0.05) is 66.1 Å². The summed E-state index contributed by atoms with van der Waals surface area (Å²) in [5, 5.41) is 21.6. The second-order valence-electron chi connectivity index (χ2n) is 39.0. The van der Waals surface area contributed by atoms with E-state index in [0.29, 0.717) is 5.75 Å². The van der Waals surface area contributed by atoms with Crippen LogP contribution in [-0.2, 0) is 17.3 Å². The maximum absolute atomic E-state index is 9.58. The van der Waals surface area contributed by atoms with Gasteiger partial charge in [0.05, 0.1) is 24.2 Å². The largest absolute Gasteiger partial charge is 0.508 e. The van der Waals surface area contributed by atoms with Gasteiger partial charge >= 0.3 is 0 Å². The average molecular weight is 1860 g/mol. The van der Waals surface area contributed by atoms with Gasteiger partial charge < -0.3 is 41.1 Å². The molecule has 0 atom stereocenters. The highest BCUT2D eigenvalue weighted by atomic mass is 16.5. The first-order chi connectivity index (χ1) is 67.6. The minimum Gasteiger partial charge on any atom is -0.508 e. The van der Waals surface area contributed by atoms with Crippen LogP contribution >= 0.6 is 0 Å². The first kappa shape index (κ1) is 98.5. The van der Waals surface area contributed by atoms with Gasteiger partial charge in [0.2, 0.25) is 0 Å². The van der Waals surface area contributed by atoms with Gasteiger partial charge in [0.15, 0.2) is 0 Å². The highest BCUT2D eigenvalue weighted by molar-refractivity contribution is 6.05. The number of phenolic OH excluding ortho intramolecular Hbond substituents is 1. The van der Waals surface area contributed by atoms with Crippen LogP contribution in [0.3, 0.4) is 0 Å². The number of hydrogen-bond acceptors (Lipinski definition) is 9. The van der Waals surface area contributed by atoms with E-state index >= 15 is 0 Å². The number of rotatable bonds is 2. The first-order valence-electron chi connectivity index (χ1n) is 48.6. The number of fused-ring (bicyclic) bond motifs is 15. The molecule has 3 aliphatic rings. The van der Waals surface area contributed by atoms with Crippen molar-refractivity contribution in [3.05, 3.63) is 503 Å². The Hall–Kier alpha value is -15.6. The number of aryl methyl sites for hydroxylation is 21. The lowest BCUT2D eigenvalue weighted by Crippen LogP contribution is -2.28. The molecule has 0 amide bonds. The van der Waals surface area contributed by atoms with Crippen molar-refractivity contribution in [2.24, 2.45) is 0 Å². The molecule has 9 nitrogen and oxygen atoms in total. The van der Waals surface area contributed by atoms with Crippen LogP contribution in [0.2, 0.25) is 0 Å². The van der Waals surface area contributed by atoms with Crippen molar-refractivity contribution in [1.82, 2.24) is 0 Å². The Morgan fingerprint density at radius 3 is 1.14 bits per heavy atom. The lowest BCUT2D eigenvalue weighted by Gasteiger charge is -2.35. The van der Waals surface area contributed by atoms with Gasteiger partial charge in [-0.15, -0.1) is 0 Å². The Bertz CT molecular complexity index is 7820. The Balaban J connectivity index is 0.000000115. The quantitative estimate of drug-likeness (QED) is 0.181. The number of benzene rings is 16. The molecular formula is C132H128O9. The van der Waals surface area contributed by atoms with Gasteiger partial charge in [0.25, 0.3) is 0 Å². The van der Waals surface area contributed by atoms with Crippen LogP contribution in [0.15, 0.2) is 367 Å². The predicted octanol–water partition coefficient (Wildman–Crippen LogP) is 37.2. The van der Waals surface area contributed by atoms with Crippen LogP contribution in [-0.4, -0.2) is 5.11 Å². The van der Waals surface area contributed by atoms with Gasteiger partial charge in [-0.2, -0.15) is 0 Å². The molecule has 2 aliphatic heterocycles. The van der Waals surface area contributed by atoms with Crippen molar-refractivity contribution in [1.29, 1.82) is 0 Å². The van der Waals surface area contributed by atoms with E-state index in [4.69, 9.17) is 36.0 Å². The van der Waals surface area contributed by atoms with Crippen molar-refractivity contribution in [2.75, 3.05) is 0 Å². The lowest BCUT2D eigenvalue weighted by atomic mass is 9.67. The van der Waals surface area contributed by atoms with E-state index in [9.17, 15) is 5.11 Å². The summed E-state index contributed by atoms with van der Waals surface area (Å²) in [7, 11) is 0. The zero-order valence-electron chi connectivity index (χ0n) is 85.8. The third-order valence-corrected chi connectivity index (χ3v) is 26.9. The number of aromatic hydroxyl groups is 1. The molecule has 710 valence electrons. The van der Waals surface area contributed by atoms with Gasteiger partial charge in [-0.3, -0.25) is 0 Å². The molecule has 0 spiro atoms. The van der Waals surface area contributed by atoms with Crippen LogP contribution in [0.5, 0.6) is 28.7 Å². The van der Waals surface area contributed by atoms with E-state index in [-0.39, 0.29) is 10.8 Å². The summed E-state index contributed by atoms with van der Waals surface area (Å²) in [5.74, 6) is 9.32. The summed E-state index contributed by atoms with van der Waals surface area (Å²) in [6, 6.07) is 113. The third-order valence-electron chi connectivity index (χ3n) is 26.9. The summed E-state index contributed by atoms with van der Waals surface area (Å²) in [6.07, 6.45) is 6.32. The molecular weight excluding hydrogens is 1730 g/mol. The van der Waals surface area contributed by atoms with E-state index in [1.165, 1.54) is 188 Å². The summed E-state index contributed by atoms with van der Waals surface area (Å²) >= 11 is 0. The maximum Gasteiger partial charge on any atom is 0.136 e. The molecule has 141 heavy (non-hydrogen) atoms. The maximum atomic E-state index is 9.58. The Morgan fingerprint density at radius 2 is 0.660 bits per heavy atom. The van der Waals surface area contributed by atoms with Crippen LogP contribution in [0.25, 0.3) is 87.3 Å². The summed E-state index contributed by atoms with van der Waals surface area (Å²) in [6.45, 7) is 48.0. The Morgan fingerprint density at radius 1 is 0.255 bits per heavy atom. The fourth-order valence-corrected chi connectivity index (χ4v) is 19.4. The molecule has 0 radical (unpaired) electrons. The molecule has 0 unspecified atom stereocenters. The normalized spacial score (nSPS) is 12.2. The second-order valence-corrected chi connectivity index (χ2v) is 39.0. The topological polar surface area (TPSA) is 118 Å². The molecule has 0 saturated heterocycles. The molecule has 0 bridgehead atoms. The van der Waals surface area contributed by atoms with Gasteiger partial charge in [0.1, 0.15) is 79.9 Å². The highest BCUT2D eigenvalue weighted by Gasteiger charge is 2.46. The molecule has 8 heterocycles. The Labute approximate surface area is 830 Å². The van der Waals surface area contributed by atoms with Crippen molar-refractivity contribution >= 4 is 76.2 Å². The van der Waals surface area contributed by atoms with Crippen molar-refractivity contribution < 1.29 is 41.1 Å². The molecule has 1 N–H and O–H groups in total. The van der Waals surface area contributed by atoms with E-state index in [0.717, 1.165) is 91.5 Å². The number of furan rings is 6. The van der Waals surface area contributed by atoms with Crippen molar-refractivity contribution in [2.45, 2.75) is 176 Å². The summed E-state index contributed by atoms with van der Waals surface area (Å²) in [5.41, 5.74) is 37.0. The number of ether oxygens (including phenoxy) is 2. The molecule has 25 rings (SSSR count). The highest BCUT2D eigenvalue weighted by Crippen LogP contribution is 2.57. The SMILES string of the molecule is Cc1cc(C)c2occc2c1.Cc1cc2cc(C)c(O)cc2cc1C.Cc1ccc(C)c2cocc12.Cc1ccc(C)o1.Cc1ccc2c(c1)C(C)(C)c1cc(C)ccc1O2.Cc1ccc2c(c1)C(c1ccccc1)(c1ccccc1)c1cc(C)ccc1-2.Cc1ccc2c(c1)Cc1cc(C)ccc1O2.Cc1ccc2oc(C)cc2c1.Cc1ccc2oc3ccc(C)cc3c2c1.Cc1oc(C)c2ccccc12. The molecule has 16 aromatic carbocycles. The molecule has 22 aromatic rings. The summed E-state index contributed by atoms with van der Waals surface area (Å²) in [4.78, 5) is 0. The van der Waals surface area contributed by atoms with Crippen LogP contribution in [0, 0.1) is 145 Å². The van der Waals surface area contributed by atoms with E-state index in [1.54, 1.807) is 18.8 Å². The minimum absolute atomic E-state index is 0.000949. The van der Waals surface area contributed by atoms with E-state index in [2.05, 4.69) is 379 Å². The average Bonchev–Trinajstić information content (AvgIpc) is 1.54. The third kappa shape index (κ3) is 22.1. The monoisotopic (exact) mass is 1860 g/mol. The molecule has 6 aromatic heterocycles. The number of phenols is 1. The van der Waals surface area contributed by atoms with Crippen molar-refractivity contribution in [3.63, 3.8) is 0 Å². The smallest absolute Gasteiger partial charge is 0.136 e. The van der Waals surface area contributed by atoms with Gasteiger partial charge in [-0.25, -0.2) is 0 Å². The minimum atomic E-state index is -0.273. The zero-order chi connectivity index (χ0) is 99.8. The van der Waals surface area contributed by atoms with Crippen molar-refractivity contribution in [3.8, 4) is 39.9 Å². The molecule has 9 heteroatoms. The Kier molecular flexibility index (Phi) is 29.6. The van der Waals surface area contributed by atoms with Crippen LogP contribution in [0.4, 0.5) is 0 Å². The second kappa shape index (κ2) is 42.4. The number of hydrogen-bond donors (Lipinski definition) is 1. The fourth-order valence-electron chi connectivity index (χ4n) is 19.4. The van der Waals surface area contributed by atoms with Gasteiger partial charge in [-0.1, -0.05) is 288 Å².